The molecule has 2 aromatic rings. The minimum atomic E-state index is 0.762. The number of hydrogen-bond donors (Lipinski definition) is 1. The molecule has 4 nitrogen and oxygen atoms in total. The summed E-state index contributed by atoms with van der Waals surface area (Å²) in [4.78, 5) is 11.6. The fraction of sp³-hybridized carbons (Fsp3) is 0.375. The Morgan fingerprint density at radius 3 is 2.40 bits per heavy atom. The highest BCUT2D eigenvalue weighted by atomic mass is 15.2. The van der Waals surface area contributed by atoms with Crippen molar-refractivity contribution in [3.8, 4) is 11.4 Å². The van der Waals surface area contributed by atoms with Crippen LogP contribution in [0.4, 0.5) is 11.5 Å². The van der Waals surface area contributed by atoms with Crippen molar-refractivity contribution < 1.29 is 0 Å². The van der Waals surface area contributed by atoms with E-state index in [1.807, 2.05) is 31.2 Å². The highest BCUT2D eigenvalue weighted by Gasteiger charge is 2.14. The van der Waals surface area contributed by atoms with Gasteiger partial charge in [0.1, 0.15) is 5.82 Å². The summed E-state index contributed by atoms with van der Waals surface area (Å²) in [6.07, 6.45) is 3.83. The first-order valence-electron chi connectivity index (χ1n) is 7.19. The number of nitrogens with two attached hydrogens (primary N) is 1. The van der Waals surface area contributed by atoms with Gasteiger partial charge >= 0.3 is 0 Å². The number of anilines is 2. The van der Waals surface area contributed by atoms with Gasteiger partial charge in [0, 0.05) is 36.1 Å². The molecular formula is C16H20N4. The van der Waals surface area contributed by atoms with Gasteiger partial charge in [0.2, 0.25) is 0 Å². The summed E-state index contributed by atoms with van der Waals surface area (Å²) < 4.78 is 0. The van der Waals surface area contributed by atoms with Gasteiger partial charge < -0.3 is 10.6 Å². The maximum atomic E-state index is 5.73. The van der Waals surface area contributed by atoms with Crippen molar-refractivity contribution in [1.29, 1.82) is 0 Å². The Kier molecular flexibility index (Phi) is 3.54. The Morgan fingerprint density at radius 1 is 1.00 bits per heavy atom. The van der Waals surface area contributed by atoms with Crippen LogP contribution in [0.2, 0.25) is 0 Å². The molecule has 20 heavy (non-hydrogen) atoms. The molecule has 1 aromatic heterocycles. The highest BCUT2D eigenvalue weighted by Crippen LogP contribution is 2.23. The molecule has 0 atom stereocenters. The molecule has 0 aliphatic carbocycles. The quantitative estimate of drug-likeness (QED) is 0.851. The summed E-state index contributed by atoms with van der Waals surface area (Å²) in [7, 11) is 0. The second-order valence-corrected chi connectivity index (χ2v) is 5.36. The average molecular weight is 268 g/mol. The molecule has 4 heteroatoms. The normalized spacial score (nSPS) is 15.3. The summed E-state index contributed by atoms with van der Waals surface area (Å²) >= 11 is 0. The van der Waals surface area contributed by atoms with Crippen molar-refractivity contribution in [3.05, 3.63) is 36.0 Å². The zero-order chi connectivity index (χ0) is 13.9. The minimum Gasteiger partial charge on any atom is -0.399 e. The van der Waals surface area contributed by atoms with E-state index in [-0.39, 0.29) is 0 Å². The molecule has 1 aliphatic rings. The third kappa shape index (κ3) is 2.74. The van der Waals surface area contributed by atoms with Gasteiger partial charge in [0.25, 0.3) is 0 Å². The third-order valence-electron chi connectivity index (χ3n) is 3.69. The Labute approximate surface area is 119 Å². The largest absolute Gasteiger partial charge is 0.399 e. The van der Waals surface area contributed by atoms with Crippen molar-refractivity contribution in [2.75, 3.05) is 23.7 Å². The summed E-state index contributed by atoms with van der Waals surface area (Å²) in [5, 5.41) is 0. The average Bonchev–Trinajstić information content (AvgIpc) is 2.48. The van der Waals surface area contributed by atoms with E-state index in [0.29, 0.717) is 0 Å². The molecule has 2 N–H and O–H groups in total. The molecule has 2 heterocycles. The van der Waals surface area contributed by atoms with Crippen LogP contribution >= 0.6 is 0 Å². The Bertz CT molecular complexity index is 586. The Hall–Kier alpha value is -2.10. The van der Waals surface area contributed by atoms with Gasteiger partial charge in [-0.05, 0) is 50.5 Å². The van der Waals surface area contributed by atoms with Crippen molar-refractivity contribution in [1.82, 2.24) is 9.97 Å². The number of benzene rings is 1. The second kappa shape index (κ2) is 5.49. The molecule has 1 saturated heterocycles. The molecule has 0 saturated carbocycles. The van der Waals surface area contributed by atoms with Crippen LogP contribution in [0.15, 0.2) is 30.3 Å². The summed E-state index contributed by atoms with van der Waals surface area (Å²) in [6.45, 7) is 4.21. The van der Waals surface area contributed by atoms with Crippen molar-refractivity contribution in [3.63, 3.8) is 0 Å². The van der Waals surface area contributed by atoms with Crippen LogP contribution in [0, 0.1) is 6.92 Å². The van der Waals surface area contributed by atoms with Crippen molar-refractivity contribution in [2.24, 2.45) is 0 Å². The maximum absolute atomic E-state index is 5.73. The van der Waals surface area contributed by atoms with E-state index in [0.717, 1.165) is 41.7 Å². The van der Waals surface area contributed by atoms with Crippen LogP contribution in [0.1, 0.15) is 25.0 Å². The lowest BCUT2D eigenvalue weighted by Gasteiger charge is -2.28. The predicted octanol–water partition coefficient (Wildman–Crippen LogP) is 3.02. The number of piperidine rings is 1. The first kappa shape index (κ1) is 12.9. The van der Waals surface area contributed by atoms with Gasteiger partial charge in [-0.2, -0.15) is 0 Å². The monoisotopic (exact) mass is 268 g/mol. The van der Waals surface area contributed by atoms with Crippen LogP contribution in [-0.4, -0.2) is 23.1 Å². The van der Waals surface area contributed by atoms with Crippen molar-refractivity contribution >= 4 is 11.5 Å². The van der Waals surface area contributed by atoms with E-state index < -0.39 is 0 Å². The van der Waals surface area contributed by atoms with E-state index in [1.165, 1.54) is 19.3 Å². The SMILES string of the molecule is Cc1cc(N2CCCCC2)nc(-c2ccc(N)cc2)n1. The number of nitrogens with zero attached hydrogens (tertiary/aromatic N) is 3. The van der Waals surface area contributed by atoms with Crippen LogP contribution in [0.5, 0.6) is 0 Å². The molecule has 0 unspecified atom stereocenters. The molecule has 3 rings (SSSR count). The van der Waals surface area contributed by atoms with Gasteiger partial charge in [-0.3, -0.25) is 0 Å². The standard InChI is InChI=1S/C16H20N4/c1-12-11-15(20-9-3-2-4-10-20)19-16(18-12)13-5-7-14(17)8-6-13/h5-8,11H,2-4,9-10,17H2,1H3. The second-order valence-electron chi connectivity index (χ2n) is 5.36. The van der Waals surface area contributed by atoms with Gasteiger partial charge in [-0.1, -0.05) is 0 Å². The molecule has 0 spiro atoms. The molecular weight excluding hydrogens is 248 g/mol. The fourth-order valence-corrected chi connectivity index (χ4v) is 2.60. The van der Waals surface area contributed by atoms with Crippen LogP contribution in [-0.2, 0) is 0 Å². The highest BCUT2D eigenvalue weighted by molar-refractivity contribution is 5.60. The lowest BCUT2D eigenvalue weighted by Crippen LogP contribution is -2.30. The molecule has 104 valence electrons. The van der Waals surface area contributed by atoms with Gasteiger partial charge in [-0.25, -0.2) is 9.97 Å². The summed E-state index contributed by atoms with van der Waals surface area (Å²) in [5.74, 6) is 1.83. The zero-order valence-electron chi connectivity index (χ0n) is 11.8. The molecule has 0 bridgehead atoms. The Balaban J connectivity index is 1.95. The predicted molar refractivity (Wildman–Crippen MR) is 82.7 cm³/mol. The van der Waals surface area contributed by atoms with Gasteiger partial charge in [0.15, 0.2) is 5.82 Å². The lowest BCUT2D eigenvalue weighted by atomic mass is 10.1. The molecule has 0 radical (unpaired) electrons. The van der Waals surface area contributed by atoms with Crippen molar-refractivity contribution in [2.45, 2.75) is 26.2 Å². The van der Waals surface area contributed by atoms with Gasteiger partial charge in [-0.15, -0.1) is 0 Å². The topological polar surface area (TPSA) is 55.0 Å². The van der Waals surface area contributed by atoms with E-state index in [4.69, 9.17) is 10.7 Å². The van der Waals surface area contributed by atoms with E-state index in [1.54, 1.807) is 0 Å². The summed E-state index contributed by atoms with van der Waals surface area (Å²) in [5.41, 5.74) is 8.52. The molecule has 1 fully saturated rings. The number of aromatic nitrogens is 2. The number of nitrogen functional groups attached to an aromatic ring is 1. The third-order valence-corrected chi connectivity index (χ3v) is 3.69. The molecule has 1 aliphatic heterocycles. The molecule has 1 aromatic carbocycles. The van der Waals surface area contributed by atoms with Gasteiger partial charge in [0.05, 0.1) is 0 Å². The molecule has 0 amide bonds. The summed E-state index contributed by atoms with van der Waals surface area (Å²) in [6, 6.07) is 9.81. The first-order valence-corrected chi connectivity index (χ1v) is 7.19. The maximum Gasteiger partial charge on any atom is 0.161 e. The van der Waals surface area contributed by atoms with Crippen LogP contribution in [0.25, 0.3) is 11.4 Å². The Morgan fingerprint density at radius 2 is 1.70 bits per heavy atom. The zero-order valence-corrected chi connectivity index (χ0v) is 11.8. The lowest BCUT2D eigenvalue weighted by molar-refractivity contribution is 0.573. The van der Waals surface area contributed by atoms with E-state index in [9.17, 15) is 0 Å². The van der Waals surface area contributed by atoms with E-state index >= 15 is 0 Å². The van der Waals surface area contributed by atoms with Crippen LogP contribution in [0.3, 0.4) is 0 Å². The number of rotatable bonds is 2. The number of hydrogen-bond acceptors (Lipinski definition) is 4. The van der Waals surface area contributed by atoms with E-state index in [2.05, 4.69) is 16.0 Å². The fourth-order valence-electron chi connectivity index (χ4n) is 2.60. The minimum absolute atomic E-state index is 0.762. The smallest absolute Gasteiger partial charge is 0.161 e. The number of aryl methyl sites for hydroxylation is 1. The van der Waals surface area contributed by atoms with Crippen LogP contribution < -0.4 is 10.6 Å². The first-order chi connectivity index (χ1) is 9.72.